The van der Waals surface area contributed by atoms with Gasteiger partial charge in [0.25, 0.3) is 5.91 Å². The van der Waals surface area contributed by atoms with Gasteiger partial charge in [0, 0.05) is 51.4 Å². The largest absolute Gasteiger partial charge is 0.381 e. The quantitative estimate of drug-likeness (QED) is 0.828. The normalized spacial score (nSPS) is 35.8. The molecule has 2 heterocycles. The van der Waals surface area contributed by atoms with Gasteiger partial charge in [0.05, 0.1) is 6.10 Å². The van der Waals surface area contributed by atoms with Crippen LogP contribution < -0.4 is 5.73 Å². The number of hydrogen-bond donors (Lipinski definition) is 1. The maximum atomic E-state index is 11.6. The lowest BCUT2D eigenvalue weighted by atomic mass is 9.61. The van der Waals surface area contributed by atoms with Crippen LogP contribution in [0.25, 0.3) is 0 Å². The molecule has 6 nitrogen and oxygen atoms in total. The van der Waals surface area contributed by atoms with Gasteiger partial charge in [-0.3, -0.25) is 14.7 Å². The molecular formula is C20H30ClN3O3. The highest BCUT2D eigenvalue weighted by Gasteiger charge is 2.54. The van der Waals surface area contributed by atoms with E-state index >= 15 is 0 Å². The number of piperidine rings is 1. The molecule has 1 aliphatic heterocycles. The van der Waals surface area contributed by atoms with Crippen LogP contribution in [0.3, 0.4) is 0 Å². The zero-order chi connectivity index (χ0) is 18.3. The Labute approximate surface area is 167 Å². The summed E-state index contributed by atoms with van der Waals surface area (Å²) >= 11 is 0. The van der Waals surface area contributed by atoms with Crippen molar-refractivity contribution in [1.82, 2.24) is 9.88 Å². The Balaban J connectivity index is 0.00000210. The van der Waals surface area contributed by atoms with Crippen LogP contribution in [-0.4, -0.2) is 55.2 Å². The van der Waals surface area contributed by atoms with Gasteiger partial charge in [-0.15, -0.1) is 12.4 Å². The number of primary amides is 1. The van der Waals surface area contributed by atoms with Gasteiger partial charge in [-0.05, 0) is 43.4 Å². The molecule has 2 bridgehead atoms. The third kappa shape index (κ3) is 3.37. The van der Waals surface area contributed by atoms with E-state index in [4.69, 9.17) is 15.2 Å². The lowest BCUT2D eigenvalue weighted by Gasteiger charge is -2.58. The van der Waals surface area contributed by atoms with E-state index in [1.807, 2.05) is 26.4 Å². The Kier molecular flexibility index (Phi) is 6.11. The van der Waals surface area contributed by atoms with E-state index in [2.05, 4.69) is 9.88 Å². The van der Waals surface area contributed by atoms with Gasteiger partial charge in [0.15, 0.2) is 0 Å². The molecule has 3 fully saturated rings. The van der Waals surface area contributed by atoms with Crippen molar-refractivity contribution in [3.8, 4) is 0 Å². The molecule has 2 saturated carbocycles. The molecule has 27 heavy (non-hydrogen) atoms. The SMILES string of the molecule is COC1CC(N2C[C@H]3CCC[C@@H](C2)[C@@]3(OC)c2ccnc(C(N)=O)c2)C1.Cl. The molecule has 1 aromatic rings. The van der Waals surface area contributed by atoms with Crippen LogP contribution in [0.5, 0.6) is 0 Å². The molecule has 1 saturated heterocycles. The molecule has 1 aromatic heterocycles. The van der Waals surface area contributed by atoms with Gasteiger partial charge in [-0.2, -0.15) is 0 Å². The summed E-state index contributed by atoms with van der Waals surface area (Å²) in [4.78, 5) is 18.4. The summed E-state index contributed by atoms with van der Waals surface area (Å²) in [6, 6.07) is 4.48. The molecular weight excluding hydrogens is 366 g/mol. The molecule has 3 aliphatic rings. The number of methoxy groups -OCH3 is 2. The number of nitrogens with two attached hydrogens (primary N) is 1. The van der Waals surface area contributed by atoms with Crippen molar-refractivity contribution in [2.45, 2.75) is 49.9 Å². The molecule has 0 aromatic carbocycles. The average molecular weight is 396 g/mol. The number of amides is 1. The Morgan fingerprint density at radius 1 is 1.26 bits per heavy atom. The average Bonchev–Trinajstić information content (AvgIpc) is 2.60. The third-order valence-corrected chi connectivity index (χ3v) is 6.95. The fourth-order valence-electron chi connectivity index (χ4n) is 5.52. The summed E-state index contributed by atoms with van der Waals surface area (Å²) in [6.07, 6.45) is 7.92. The van der Waals surface area contributed by atoms with Crippen LogP contribution in [0.1, 0.15) is 48.2 Å². The highest BCUT2D eigenvalue weighted by molar-refractivity contribution is 5.90. The number of rotatable bonds is 5. The summed E-state index contributed by atoms with van der Waals surface area (Å²) in [6.45, 7) is 2.08. The van der Waals surface area contributed by atoms with Crippen LogP contribution in [0.15, 0.2) is 18.3 Å². The number of likely N-dealkylation sites (tertiary alicyclic amines) is 1. The van der Waals surface area contributed by atoms with Crippen molar-refractivity contribution < 1.29 is 14.3 Å². The van der Waals surface area contributed by atoms with Crippen molar-refractivity contribution >= 4 is 18.3 Å². The summed E-state index contributed by atoms with van der Waals surface area (Å²) in [5.74, 6) is 0.357. The van der Waals surface area contributed by atoms with E-state index in [1.165, 1.54) is 6.42 Å². The maximum absolute atomic E-state index is 11.6. The summed E-state index contributed by atoms with van der Waals surface area (Å²) in [5.41, 5.74) is 6.50. The molecule has 0 radical (unpaired) electrons. The molecule has 2 N–H and O–H groups in total. The fraction of sp³-hybridized carbons (Fsp3) is 0.700. The lowest BCUT2D eigenvalue weighted by Crippen LogP contribution is -2.63. The molecule has 4 rings (SSSR count). The first-order valence-electron chi connectivity index (χ1n) is 9.66. The van der Waals surface area contributed by atoms with E-state index in [1.54, 1.807) is 6.20 Å². The number of pyridine rings is 1. The van der Waals surface area contributed by atoms with E-state index in [-0.39, 0.29) is 18.0 Å². The second-order valence-electron chi connectivity index (χ2n) is 8.05. The minimum Gasteiger partial charge on any atom is -0.381 e. The second kappa shape index (κ2) is 8.03. The maximum Gasteiger partial charge on any atom is 0.267 e. The standard InChI is InChI=1S/C20H29N3O3.ClH/c1-25-17-9-16(10-17)23-11-14-4-3-5-15(12-23)20(14,26-2)13-6-7-22-18(8-13)19(21)24;/h6-8,14-17H,3-5,9-12H2,1-2H3,(H2,21,24);1H/t14-,15+,16?,17?,20-;. The first-order chi connectivity index (χ1) is 12.6. The van der Waals surface area contributed by atoms with E-state index in [0.29, 0.717) is 29.7 Å². The number of ether oxygens (including phenoxy) is 2. The Hall–Kier alpha value is -1.21. The zero-order valence-electron chi connectivity index (χ0n) is 16.1. The molecule has 3 atom stereocenters. The third-order valence-electron chi connectivity index (χ3n) is 6.95. The minimum atomic E-state index is -0.485. The van der Waals surface area contributed by atoms with Crippen LogP contribution in [-0.2, 0) is 15.1 Å². The highest BCUT2D eigenvalue weighted by atomic mass is 35.5. The number of carbonyl (C=O) groups excluding carboxylic acids is 1. The number of hydrogen-bond acceptors (Lipinski definition) is 5. The zero-order valence-corrected chi connectivity index (χ0v) is 16.9. The van der Waals surface area contributed by atoms with Crippen molar-refractivity contribution in [3.05, 3.63) is 29.6 Å². The number of nitrogens with zero attached hydrogens (tertiary/aromatic N) is 2. The van der Waals surface area contributed by atoms with Gasteiger partial charge < -0.3 is 15.2 Å². The second-order valence-corrected chi connectivity index (χ2v) is 8.05. The van der Waals surface area contributed by atoms with E-state index in [9.17, 15) is 4.79 Å². The molecule has 2 aliphatic carbocycles. The van der Waals surface area contributed by atoms with Gasteiger partial charge in [-0.25, -0.2) is 0 Å². The topological polar surface area (TPSA) is 77.7 Å². The van der Waals surface area contributed by atoms with Crippen LogP contribution in [0.4, 0.5) is 0 Å². The van der Waals surface area contributed by atoms with Crippen LogP contribution in [0, 0.1) is 11.8 Å². The van der Waals surface area contributed by atoms with Gasteiger partial charge in [0.2, 0.25) is 0 Å². The van der Waals surface area contributed by atoms with Crippen LogP contribution in [0.2, 0.25) is 0 Å². The predicted molar refractivity (Wildman–Crippen MR) is 105 cm³/mol. The minimum absolute atomic E-state index is 0. The van der Waals surface area contributed by atoms with Gasteiger partial charge in [-0.1, -0.05) is 6.42 Å². The summed E-state index contributed by atoms with van der Waals surface area (Å²) in [7, 11) is 3.62. The van der Waals surface area contributed by atoms with Crippen molar-refractivity contribution in [2.24, 2.45) is 17.6 Å². The predicted octanol–water partition coefficient (Wildman–Crippen LogP) is 2.35. The first-order valence-corrected chi connectivity index (χ1v) is 9.66. The van der Waals surface area contributed by atoms with Crippen molar-refractivity contribution in [1.29, 1.82) is 0 Å². The Morgan fingerprint density at radius 3 is 2.48 bits per heavy atom. The Bertz CT molecular complexity index is 666. The molecule has 1 amide bonds. The fourth-order valence-corrected chi connectivity index (χ4v) is 5.52. The number of fused-ring (bicyclic) bond motifs is 2. The smallest absolute Gasteiger partial charge is 0.267 e. The van der Waals surface area contributed by atoms with Crippen molar-refractivity contribution in [3.63, 3.8) is 0 Å². The summed E-state index contributed by atoms with van der Waals surface area (Å²) < 4.78 is 11.7. The monoisotopic (exact) mass is 395 g/mol. The van der Waals surface area contributed by atoms with Crippen molar-refractivity contribution in [2.75, 3.05) is 27.3 Å². The molecule has 0 unspecified atom stereocenters. The number of carbonyl (C=O) groups is 1. The molecule has 7 heteroatoms. The first kappa shape index (κ1) is 20.5. The van der Waals surface area contributed by atoms with E-state index < -0.39 is 5.91 Å². The number of aromatic nitrogens is 1. The summed E-state index contributed by atoms with van der Waals surface area (Å²) in [5, 5.41) is 0. The van der Waals surface area contributed by atoms with Crippen LogP contribution >= 0.6 is 12.4 Å². The number of halogens is 1. The molecule has 150 valence electrons. The lowest BCUT2D eigenvalue weighted by molar-refractivity contribution is -0.183. The Morgan fingerprint density at radius 2 is 1.93 bits per heavy atom. The van der Waals surface area contributed by atoms with E-state index in [0.717, 1.165) is 44.3 Å². The highest BCUT2D eigenvalue weighted by Crippen LogP contribution is 2.52. The molecule has 0 spiro atoms. The van der Waals surface area contributed by atoms with Gasteiger partial charge >= 0.3 is 0 Å². The van der Waals surface area contributed by atoms with Gasteiger partial charge in [0.1, 0.15) is 11.3 Å².